The highest BCUT2D eigenvalue weighted by atomic mass is 14.2. The lowest BCUT2D eigenvalue weighted by Crippen LogP contribution is -2.08. The number of aryl methyl sites for hydroxylation is 2. The monoisotopic (exact) mass is 358 g/mol. The highest BCUT2D eigenvalue weighted by molar-refractivity contribution is 5.34. The van der Waals surface area contributed by atoms with Gasteiger partial charge < -0.3 is 0 Å². The maximum Gasteiger partial charge on any atom is -0.0228 e. The van der Waals surface area contributed by atoms with E-state index in [0.717, 1.165) is 18.8 Å². The molecule has 0 nitrogen and oxygen atoms in total. The topological polar surface area (TPSA) is 0 Å². The second-order valence-electron chi connectivity index (χ2n) is 6.96. The number of rotatable bonds is 3. The van der Waals surface area contributed by atoms with E-state index in [4.69, 9.17) is 0 Å². The van der Waals surface area contributed by atoms with E-state index in [9.17, 15) is 0 Å². The van der Waals surface area contributed by atoms with Gasteiger partial charge in [0.1, 0.15) is 0 Å². The Morgan fingerprint density at radius 2 is 1.65 bits per heavy atom. The van der Waals surface area contributed by atoms with Gasteiger partial charge in [-0.1, -0.05) is 102 Å². The van der Waals surface area contributed by atoms with Gasteiger partial charge >= 0.3 is 0 Å². The van der Waals surface area contributed by atoms with Crippen LogP contribution >= 0.6 is 0 Å². The predicted molar refractivity (Wildman–Crippen MR) is 123 cm³/mol. The van der Waals surface area contributed by atoms with Gasteiger partial charge in [-0.3, -0.25) is 0 Å². The molecule has 0 heterocycles. The third-order valence-electron chi connectivity index (χ3n) is 4.62. The molecule has 0 N–H and O–H groups in total. The van der Waals surface area contributed by atoms with Gasteiger partial charge in [0.05, 0.1) is 0 Å². The van der Waals surface area contributed by atoms with Gasteiger partial charge in [-0.15, -0.1) is 0 Å². The fourth-order valence-electron chi connectivity index (χ4n) is 2.90. The summed E-state index contributed by atoms with van der Waals surface area (Å²) in [5.41, 5.74) is 7.30. The van der Waals surface area contributed by atoms with Crippen molar-refractivity contribution in [3.05, 3.63) is 58.7 Å². The first-order valence-electron chi connectivity index (χ1n) is 10.8. The van der Waals surface area contributed by atoms with Crippen molar-refractivity contribution in [2.75, 3.05) is 0 Å². The van der Waals surface area contributed by atoms with Crippen molar-refractivity contribution in [2.24, 2.45) is 5.92 Å². The standard InChI is InChI=1S/C12H20.C9H12.C3H8.C2H6/c1-5-9(2)12-8-6-7-10(3)11(12)4;1-3-9-6-4-5-8(2)7-9;1-3-2;1-2/h10H,2,5-8H2,1,3-4H3;4-7H,3H2,1-2H3;3H2,1-2H3;1-2H3. The quantitative estimate of drug-likeness (QED) is 0.505. The van der Waals surface area contributed by atoms with Gasteiger partial charge in [-0.25, -0.2) is 0 Å². The Bertz CT molecular complexity index is 505. The Labute approximate surface area is 165 Å². The van der Waals surface area contributed by atoms with Crippen molar-refractivity contribution in [1.29, 1.82) is 0 Å². The van der Waals surface area contributed by atoms with E-state index in [1.807, 2.05) is 13.8 Å². The van der Waals surface area contributed by atoms with Crippen LogP contribution in [0.25, 0.3) is 0 Å². The van der Waals surface area contributed by atoms with Crippen molar-refractivity contribution < 1.29 is 0 Å². The largest absolute Gasteiger partial charge is 0.0956 e. The van der Waals surface area contributed by atoms with Gasteiger partial charge in [-0.2, -0.15) is 0 Å². The van der Waals surface area contributed by atoms with Crippen molar-refractivity contribution in [3.8, 4) is 0 Å². The lowest BCUT2D eigenvalue weighted by atomic mass is 9.81. The number of hydrogen-bond acceptors (Lipinski definition) is 0. The summed E-state index contributed by atoms with van der Waals surface area (Å²) in [6.45, 7) is 23.5. The van der Waals surface area contributed by atoms with E-state index in [0.29, 0.717) is 0 Å². The normalized spacial score (nSPS) is 15.5. The SMILES string of the molecule is C=C(CC)C1=C(C)C(C)CCC1.CC.CCC.CCc1cccc(C)c1. The molecule has 150 valence electrons. The molecule has 1 atom stereocenters. The van der Waals surface area contributed by atoms with E-state index in [2.05, 4.69) is 79.3 Å². The molecule has 0 aliphatic heterocycles. The van der Waals surface area contributed by atoms with Crippen molar-refractivity contribution in [1.82, 2.24) is 0 Å². The first-order valence-corrected chi connectivity index (χ1v) is 10.8. The molecule has 0 fully saturated rings. The molecule has 0 aromatic heterocycles. The predicted octanol–water partition coefficient (Wildman–Crippen LogP) is 9.09. The summed E-state index contributed by atoms with van der Waals surface area (Å²) in [6, 6.07) is 8.61. The Morgan fingerprint density at radius 1 is 1.08 bits per heavy atom. The zero-order valence-electron chi connectivity index (χ0n) is 19.3. The number of hydrogen-bond donors (Lipinski definition) is 0. The molecule has 26 heavy (non-hydrogen) atoms. The van der Waals surface area contributed by atoms with Gasteiger partial charge in [0.15, 0.2) is 0 Å². The van der Waals surface area contributed by atoms with Crippen LogP contribution in [-0.2, 0) is 6.42 Å². The number of benzene rings is 1. The molecule has 1 aromatic carbocycles. The van der Waals surface area contributed by atoms with Gasteiger partial charge in [0, 0.05) is 0 Å². The van der Waals surface area contributed by atoms with Crippen LogP contribution in [0, 0.1) is 12.8 Å². The Morgan fingerprint density at radius 3 is 2.08 bits per heavy atom. The fourth-order valence-corrected chi connectivity index (χ4v) is 2.90. The Hall–Kier alpha value is -1.30. The molecule has 0 bridgehead atoms. The Balaban J connectivity index is 0. The van der Waals surface area contributed by atoms with Crippen LogP contribution in [0.3, 0.4) is 0 Å². The highest BCUT2D eigenvalue weighted by Gasteiger charge is 2.16. The molecule has 0 amide bonds. The summed E-state index contributed by atoms with van der Waals surface area (Å²) in [7, 11) is 0. The summed E-state index contributed by atoms with van der Waals surface area (Å²) in [5, 5.41) is 0. The van der Waals surface area contributed by atoms with Crippen molar-refractivity contribution >= 4 is 0 Å². The van der Waals surface area contributed by atoms with Crippen LogP contribution < -0.4 is 0 Å². The molecule has 0 saturated heterocycles. The minimum Gasteiger partial charge on any atom is -0.0956 e. The maximum atomic E-state index is 4.12. The van der Waals surface area contributed by atoms with Crippen LogP contribution in [0.4, 0.5) is 0 Å². The molecule has 1 aliphatic carbocycles. The highest BCUT2D eigenvalue weighted by Crippen LogP contribution is 2.33. The van der Waals surface area contributed by atoms with E-state index < -0.39 is 0 Å². The van der Waals surface area contributed by atoms with Crippen LogP contribution in [0.1, 0.15) is 98.6 Å². The average molecular weight is 359 g/mol. The van der Waals surface area contributed by atoms with E-state index >= 15 is 0 Å². The summed E-state index contributed by atoms with van der Waals surface area (Å²) < 4.78 is 0. The zero-order chi connectivity index (χ0) is 20.5. The molecular weight excluding hydrogens is 312 g/mol. The summed E-state index contributed by atoms with van der Waals surface area (Å²) >= 11 is 0. The number of allylic oxidation sites excluding steroid dienone is 3. The van der Waals surface area contributed by atoms with E-state index in [1.54, 1.807) is 11.1 Å². The van der Waals surface area contributed by atoms with Crippen molar-refractivity contribution in [2.45, 2.75) is 101 Å². The maximum absolute atomic E-state index is 4.12. The van der Waals surface area contributed by atoms with Crippen molar-refractivity contribution in [3.63, 3.8) is 0 Å². The lowest BCUT2D eigenvalue weighted by molar-refractivity contribution is 0.537. The second-order valence-corrected chi connectivity index (χ2v) is 6.96. The third-order valence-corrected chi connectivity index (χ3v) is 4.62. The molecule has 1 unspecified atom stereocenters. The Kier molecular flexibility index (Phi) is 17.7. The zero-order valence-corrected chi connectivity index (χ0v) is 19.3. The van der Waals surface area contributed by atoms with Crippen LogP contribution in [0.2, 0.25) is 0 Å². The summed E-state index contributed by atoms with van der Waals surface area (Å²) in [5.74, 6) is 0.789. The van der Waals surface area contributed by atoms with Gasteiger partial charge in [0.25, 0.3) is 0 Å². The first kappa shape index (κ1) is 26.9. The molecule has 1 aromatic rings. The summed E-state index contributed by atoms with van der Waals surface area (Å²) in [6.07, 6.45) is 7.49. The molecule has 0 radical (unpaired) electrons. The minimum atomic E-state index is 0.789. The average Bonchev–Trinajstić information content (AvgIpc) is 2.66. The minimum absolute atomic E-state index is 0.789. The van der Waals surface area contributed by atoms with E-state index in [1.165, 1.54) is 42.4 Å². The van der Waals surface area contributed by atoms with Crippen LogP contribution in [0.15, 0.2) is 47.6 Å². The third kappa shape index (κ3) is 11.3. The molecule has 0 heteroatoms. The van der Waals surface area contributed by atoms with Crippen LogP contribution in [-0.4, -0.2) is 0 Å². The van der Waals surface area contributed by atoms with Gasteiger partial charge in [-0.05, 0) is 63.0 Å². The molecule has 0 spiro atoms. The van der Waals surface area contributed by atoms with Gasteiger partial charge in [0.2, 0.25) is 0 Å². The fraction of sp³-hybridized carbons (Fsp3) is 0.615. The molecular formula is C26H46. The second kappa shape index (κ2) is 17.1. The van der Waals surface area contributed by atoms with Crippen LogP contribution in [0.5, 0.6) is 0 Å². The first-order chi connectivity index (χ1) is 12.4. The lowest BCUT2D eigenvalue weighted by Gasteiger charge is -2.24. The molecule has 2 rings (SSSR count). The molecule has 0 saturated carbocycles. The smallest absolute Gasteiger partial charge is 0.0228 e. The van der Waals surface area contributed by atoms with E-state index in [-0.39, 0.29) is 0 Å². The molecule has 1 aliphatic rings. The summed E-state index contributed by atoms with van der Waals surface area (Å²) in [4.78, 5) is 0.